The second-order valence-corrected chi connectivity index (χ2v) is 10.8. The van der Waals surface area contributed by atoms with Gasteiger partial charge in [0.2, 0.25) is 11.7 Å². The fraction of sp³-hybridized carbons (Fsp3) is 0.458. The van der Waals surface area contributed by atoms with Gasteiger partial charge >= 0.3 is 5.97 Å². The lowest BCUT2D eigenvalue weighted by Crippen LogP contribution is -2.15. The van der Waals surface area contributed by atoms with E-state index >= 15 is 0 Å². The van der Waals surface area contributed by atoms with Crippen molar-refractivity contribution in [2.24, 2.45) is 5.92 Å². The Morgan fingerprint density at radius 1 is 1.06 bits per heavy atom. The zero-order chi connectivity index (χ0) is 24.5. The molecule has 0 saturated heterocycles. The van der Waals surface area contributed by atoms with Crippen LogP contribution in [-0.2, 0) is 21.2 Å². The molecule has 174 valence electrons. The predicted molar refractivity (Wildman–Crippen MR) is 125 cm³/mol. The minimum Gasteiger partial charge on any atom is -0.407 e. The Morgan fingerprint density at radius 2 is 1.66 bits per heavy atom. The van der Waals surface area contributed by atoms with Crippen molar-refractivity contribution in [3.63, 3.8) is 0 Å². The van der Waals surface area contributed by atoms with Crippen LogP contribution in [0.15, 0.2) is 22.6 Å². The lowest BCUT2D eigenvalue weighted by molar-refractivity contribution is -0.132. The van der Waals surface area contributed by atoms with E-state index in [0.717, 1.165) is 17.4 Å². The summed E-state index contributed by atoms with van der Waals surface area (Å²) in [7, 11) is -3.51. The highest BCUT2D eigenvalue weighted by Gasteiger charge is 2.29. The van der Waals surface area contributed by atoms with E-state index in [1.807, 2.05) is 34.6 Å². The molecule has 0 fully saturated rings. The number of ether oxygens (including phenoxy) is 1. The van der Waals surface area contributed by atoms with E-state index in [0.29, 0.717) is 28.9 Å². The molecule has 32 heavy (non-hydrogen) atoms. The van der Waals surface area contributed by atoms with Crippen LogP contribution >= 0.6 is 0 Å². The van der Waals surface area contributed by atoms with Crippen LogP contribution in [0.3, 0.4) is 0 Å². The summed E-state index contributed by atoms with van der Waals surface area (Å²) < 4.78 is 31.8. The topological polar surface area (TPSA) is 95.3 Å². The fourth-order valence-electron chi connectivity index (χ4n) is 3.62. The molecule has 0 unspecified atom stereocenters. The van der Waals surface area contributed by atoms with Crippen LogP contribution in [0.4, 0.5) is 0 Å². The number of carbonyl (C=O) groups is 2. The summed E-state index contributed by atoms with van der Waals surface area (Å²) in [6.07, 6.45) is 1.16. The number of carbonyl (C=O) groups excluding carboxylic acids is 2. The van der Waals surface area contributed by atoms with Crippen molar-refractivity contribution in [2.75, 3.05) is 6.26 Å². The highest BCUT2D eigenvalue weighted by molar-refractivity contribution is 7.90. The number of nitrogens with zero attached hydrogens (tertiary/aromatic N) is 2. The summed E-state index contributed by atoms with van der Waals surface area (Å²) in [5.41, 5.74) is 3.82. The summed E-state index contributed by atoms with van der Waals surface area (Å²) in [5.74, 6) is -0.585. The monoisotopic (exact) mass is 460 g/mol. The standard InChI is InChI=1S/C24H32N2O5S/c1-13(2)12-26-24(31-18(8)27)22(17(7)25-26)23(28)19-10-11-20(32(9,29)30)21(16(19)6)15(5)14(3)4/h10-11,13H,12H2,1-9H3. The number of benzene rings is 1. The second-order valence-electron chi connectivity index (χ2n) is 8.77. The lowest BCUT2D eigenvalue weighted by Gasteiger charge is -2.17. The fourth-order valence-corrected chi connectivity index (χ4v) is 4.62. The molecule has 1 aromatic heterocycles. The Morgan fingerprint density at radius 3 is 2.12 bits per heavy atom. The molecule has 8 heteroatoms. The summed E-state index contributed by atoms with van der Waals surface area (Å²) in [5, 5.41) is 4.44. The first-order valence-corrected chi connectivity index (χ1v) is 12.3. The van der Waals surface area contributed by atoms with Gasteiger partial charge in [-0.1, -0.05) is 19.4 Å². The third-order valence-corrected chi connectivity index (χ3v) is 6.42. The van der Waals surface area contributed by atoms with Gasteiger partial charge in [0.1, 0.15) is 5.56 Å². The molecule has 7 nitrogen and oxygen atoms in total. The summed E-state index contributed by atoms with van der Waals surface area (Å²) in [6, 6.07) is 2.99. The maximum atomic E-state index is 13.7. The normalized spacial score (nSPS) is 11.6. The van der Waals surface area contributed by atoms with Crippen LogP contribution in [0.1, 0.15) is 74.3 Å². The zero-order valence-electron chi connectivity index (χ0n) is 20.3. The Bertz CT molecular complexity index is 1210. The van der Waals surface area contributed by atoms with Crippen LogP contribution < -0.4 is 4.74 Å². The first kappa shape index (κ1) is 25.5. The van der Waals surface area contributed by atoms with Crippen molar-refractivity contribution >= 4 is 27.2 Å². The molecule has 0 radical (unpaired) electrons. The average molecular weight is 461 g/mol. The Labute approximate surface area is 190 Å². The van der Waals surface area contributed by atoms with Gasteiger partial charge in [-0.3, -0.25) is 9.59 Å². The number of hydrogen-bond donors (Lipinski definition) is 0. The minimum atomic E-state index is -3.51. The molecule has 1 heterocycles. The van der Waals surface area contributed by atoms with Gasteiger partial charge in [0.05, 0.1) is 10.6 Å². The second kappa shape index (κ2) is 9.40. The number of esters is 1. The van der Waals surface area contributed by atoms with E-state index in [-0.39, 0.29) is 28.0 Å². The van der Waals surface area contributed by atoms with Crippen molar-refractivity contribution in [3.8, 4) is 5.88 Å². The third kappa shape index (κ3) is 5.18. The average Bonchev–Trinajstić information content (AvgIpc) is 2.92. The molecule has 0 N–H and O–H groups in total. The molecule has 0 atom stereocenters. The van der Waals surface area contributed by atoms with Gasteiger partial charge in [-0.25, -0.2) is 13.1 Å². The van der Waals surface area contributed by atoms with Gasteiger partial charge in [-0.05, 0) is 69.4 Å². The molecule has 2 rings (SSSR count). The first-order chi connectivity index (χ1) is 14.7. The Balaban J connectivity index is 2.82. The van der Waals surface area contributed by atoms with Gasteiger partial charge in [0, 0.05) is 25.3 Å². The van der Waals surface area contributed by atoms with Crippen LogP contribution in [0.25, 0.3) is 5.57 Å². The summed E-state index contributed by atoms with van der Waals surface area (Å²) in [4.78, 5) is 25.6. The molecule has 2 aromatic rings. The Hall–Kier alpha value is -2.74. The molecule has 1 aromatic carbocycles. The third-order valence-electron chi connectivity index (χ3n) is 5.28. The van der Waals surface area contributed by atoms with Gasteiger partial charge in [-0.2, -0.15) is 5.10 Å². The summed E-state index contributed by atoms with van der Waals surface area (Å²) >= 11 is 0. The number of aryl methyl sites for hydroxylation is 1. The van der Waals surface area contributed by atoms with Gasteiger partial charge in [0.15, 0.2) is 9.84 Å². The number of rotatable bonds is 7. The molecule has 0 spiro atoms. The number of ketones is 1. The molecule has 0 bridgehead atoms. The maximum absolute atomic E-state index is 13.7. The molecule has 0 aliphatic carbocycles. The van der Waals surface area contributed by atoms with Crippen molar-refractivity contribution in [2.45, 2.75) is 66.8 Å². The van der Waals surface area contributed by atoms with Gasteiger partial charge in [-0.15, -0.1) is 0 Å². The van der Waals surface area contributed by atoms with Crippen LogP contribution in [-0.4, -0.2) is 36.2 Å². The molecule has 0 aliphatic rings. The Kier molecular flexibility index (Phi) is 7.50. The van der Waals surface area contributed by atoms with E-state index < -0.39 is 15.8 Å². The number of aromatic nitrogens is 2. The zero-order valence-corrected chi connectivity index (χ0v) is 21.1. The highest BCUT2D eigenvalue weighted by atomic mass is 32.2. The number of hydrogen-bond acceptors (Lipinski definition) is 6. The first-order valence-electron chi connectivity index (χ1n) is 10.4. The molecular weight excluding hydrogens is 428 g/mol. The highest BCUT2D eigenvalue weighted by Crippen LogP contribution is 2.34. The van der Waals surface area contributed by atoms with Crippen LogP contribution in [0, 0.1) is 19.8 Å². The largest absolute Gasteiger partial charge is 0.407 e. The minimum absolute atomic E-state index is 0.112. The molecule has 0 aliphatic heterocycles. The van der Waals surface area contributed by atoms with Crippen LogP contribution in [0.5, 0.6) is 5.88 Å². The predicted octanol–water partition coefficient (Wildman–Crippen LogP) is 4.53. The van der Waals surface area contributed by atoms with E-state index in [1.165, 1.54) is 23.7 Å². The maximum Gasteiger partial charge on any atom is 0.309 e. The van der Waals surface area contributed by atoms with Crippen molar-refractivity contribution in [1.29, 1.82) is 0 Å². The van der Waals surface area contributed by atoms with Crippen molar-refractivity contribution in [1.82, 2.24) is 9.78 Å². The number of sulfone groups is 1. The van der Waals surface area contributed by atoms with E-state index in [1.54, 1.807) is 13.8 Å². The molecular formula is C24H32N2O5S. The van der Waals surface area contributed by atoms with Crippen molar-refractivity contribution in [3.05, 3.63) is 45.7 Å². The van der Waals surface area contributed by atoms with E-state index in [9.17, 15) is 18.0 Å². The lowest BCUT2D eigenvalue weighted by atomic mass is 9.91. The van der Waals surface area contributed by atoms with E-state index in [2.05, 4.69) is 5.10 Å². The number of allylic oxidation sites excluding steroid dienone is 2. The summed E-state index contributed by atoms with van der Waals surface area (Å²) in [6.45, 7) is 14.8. The molecule has 0 amide bonds. The van der Waals surface area contributed by atoms with Gasteiger partial charge in [0.25, 0.3) is 0 Å². The SMILES string of the molecule is CC(=O)Oc1c(C(=O)c2ccc(S(C)(=O)=O)c(C(C)=C(C)C)c2C)c(C)nn1CC(C)C. The van der Waals surface area contributed by atoms with Gasteiger partial charge < -0.3 is 4.74 Å². The van der Waals surface area contributed by atoms with Crippen molar-refractivity contribution < 1.29 is 22.7 Å². The molecule has 0 saturated carbocycles. The smallest absolute Gasteiger partial charge is 0.309 e. The van der Waals surface area contributed by atoms with E-state index in [4.69, 9.17) is 4.74 Å². The van der Waals surface area contributed by atoms with Crippen LogP contribution in [0.2, 0.25) is 0 Å². The quantitative estimate of drug-likeness (QED) is 0.445.